The summed E-state index contributed by atoms with van der Waals surface area (Å²) in [6, 6.07) is 4.10. The van der Waals surface area contributed by atoms with Crippen molar-refractivity contribution < 1.29 is 4.79 Å². The molecule has 19 heavy (non-hydrogen) atoms. The summed E-state index contributed by atoms with van der Waals surface area (Å²) in [5.74, 6) is 1.35. The molecular formula is C14H22N4O. The Bertz CT molecular complexity index is 443. The summed E-state index contributed by atoms with van der Waals surface area (Å²) >= 11 is 0. The van der Waals surface area contributed by atoms with Crippen LogP contribution in [0.3, 0.4) is 0 Å². The van der Waals surface area contributed by atoms with Crippen LogP contribution in [0, 0.1) is 5.92 Å². The third-order valence-corrected chi connectivity index (χ3v) is 3.79. The molecule has 104 valence electrons. The standard InChI is InChI=1S/C14H22N4O/c1-10-8-18(9-12(10)17(3)4)14(19)11-5-6-13(15-2)16-7-11/h5-7,10,12H,8-9H2,1-4H3,(H,15,16). The summed E-state index contributed by atoms with van der Waals surface area (Å²) in [4.78, 5) is 20.7. The Labute approximate surface area is 114 Å². The molecule has 1 aliphatic rings. The van der Waals surface area contributed by atoms with E-state index in [1.807, 2.05) is 24.1 Å². The van der Waals surface area contributed by atoms with Crippen LogP contribution in [-0.4, -0.2) is 61.0 Å². The molecule has 1 saturated heterocycles. The summed E-state index contributed by atoms with van der Waals surface area (Å²) in [5, 5.41) is 2.95. The molecule has 5 nitrogen and oxygen atoms in total. The summed E-state index contributed by atoms with van der Waals surface area (Å²) < 4.78 is 0. The maximum absolute atomic E-state index is 12.4. The molecule has 2 heterocycles. The van der Waals surface area contributed by atoms with Crippen molar-refractivity contribution in [2.45, 2.75) is 13.0 Å². The number of nitrogens with zero attached hydrogens (tertiary/aromatic N) is 3. The number of amides is 1. The lowest BCUT2D eigenvalue weighted by Crippen LogP contribution is -2.35. The van der Waals surface area contributed by atoms with Crippen LogP contribution in [0.4, 0.5) is 5.82 Å². The van der Waals surface area contributed by atoms with Gasteiger partial charge in [0.2, 0.25) is 0 Å². The Morgan fingerprint density at radius 3 is 2.63 bits per heavy atom. The van der Waals surface area contributed by atoms with E-state index in [0.29, 0.717) is 17.5 Å². The number of likely N-dealkylation sites (N-methyl/N-ethyl adjacent to an activating group) is 1. The number of nitrogens with one attached hydrogen (secondary N) is 1. The van der Waals surface area contributed by atoms with Gasteiger partial charge in [-0.05, 0) is 32.1 Å². The zero-order valence-electron chi connectivity index (χ0n) is 12.1. The van der Waals surface area contributed by atoms with Gasteiger partial charge in [-0.2, -0.15) is 0 Å². The first-order chi connectivity index (χ1) is 9.02. The van der Waals surface area contributed by atoms with Gasteiger partial charge in [-0.3, -0.25) is 4.79 Å². The van der Waals surface area contributed by atoms with Crippen LogP contribution in [-0.2, 0) is 0 Å². The van der Waals surface area contributed by atoms with Crippen molar-refractivity contribution in [1.82, 2.24) is 14.8 Å². The molecule has 1 aromatic heterocycles. The number of aromatic nitrogens is 1. The molecule has 2 rings (SSSR count). The molecule has 0 saturated carbocycles. The molecule has 2 unspecified atom stereocenters. The maximum Gasteiger partial charge on any atom is 0.255 e. The molecule has 0 aliphatic carbocycles. The summed E-state index contributed by atoms with van der Waals surface area (Å²) in [6.07, 6.45) is 1.64. The van der Waals surface area contributed by atoms with Gasteiger partial charge in [0, 0.05) is 32.4 Å². The number of likely N-dealkylation sites (tertiary alicyclic amines) is 1. The Hall–Kier alpha value is -1.62. The van der Waals surface area contributed by atoms with Gasteiger partial charge in [0.05, 0.1) is 5.56 Å². The molecule has 0 aromatic carbocycles. The molecule has 1 aromatic rings. The average Bonchev–Trinajstić information content (AvgIpc) is 2.80. The maximum atomic E-state index is 12.4. The van der Waals surface area contributed by atoms with Crippen LogP contribution in [0.15, 0.2) is 18.3 Å². The quantitative estimate of drug-likeness (QED) is 0.887. The Balaban J connectivity index is 2.08. The Morgan fingerprint density at radius 2 is 2.16 bits per heavy atom. The highest BCUT2D eigenvalue weighted by Gasteiger charge is 2.33. The van der Waals surface area contributed by atoms with Gasteiger partial charge in [-0.15, -0.1) is 0 Å². The van der Waals surface area contributed by atoms with Crippen molar-refractivity contribution in [3.05, 3.63) is 23.9 Å². The van der Waals surface area contributed by atoms with Crippen molar-refractivity contribution in [3.8, 4) is 0 Å². The van der Waals surface area contributed by atoms with E-state index in [1.54, 1.807) is 6.20 Å². The fourth-order valence-electron chi connectivity index (χ4n) is 2.64. The van der Waals surface area contributed by atoms with Crippen LogP contribution in [0.5, 0.6) is 0 Å². The number of pyridine rings is 1. The Kier molecular flexibility index (Phi) is 4.04. The van der Waals surface area contributed by atoms with Crippen LogP contribution in [0.2, 0.25) is 0 Å². The predicted octanol–water partition coefficient (Wildman–Crippen LogP) is 1.15. The highest BCUT2D eigenvalue weighted by molar-refractivity contribution is 5.94. The molecule has 1 amide bonds. The molecule has 0 spiro atoms. The highest BCUT2D eigenvalue weighted by Crippen LogP contribution is 2.21. The molecule has 0 bridgehead atoms. The fourth-order valence-corrected chi connectivity index (χ4v) is 2.64. The van der Waals surface area contributed by atoms with Gasteiger partial charge >= 0.3 is 0 Å². The zero-order valence-corrected chi connectivity index (χ0v) is 12.1. The third kappa shape index (κ3) is 2.87. The van der Waals surface area contributed by atoms with E-state index in [4.69, 9.17) is 0 Å². The first-order valence-electron chi connectivity index (χ1n) is 6.62. The van der Waals surface area contributed by atoms with Gasteiger partial charge < -0.3 is 15.1 Å². The third-order valence-electron chi connectivity index (χ3n) is 3.79. The van der Waals surface area contributed by atoms with E-state index < -0.39 is 0 Å². The number of rotatable bonds is 3. The SMILES string of the molecule is CNc1ccc(C(=O)N2CC(C)C(N(C)C)C2)cn1. The van der Waals surface area contributed by atoms with E-state index in [0.717, 1.165) is 18.9 Å². The summed E-state index contributed by atoms with van der Waals surface area (Å²) in [6.45, 7) is 3.80. The second kappa shape index (κ2) is 5.57. The van der Waals surface area contributed by atoms with Gasteiger partial charge in [0.15, 0.2) is 0 Å². The smallest absolute Gasteiger partial charge is 0.255 e. The zero-order chi connectivity index (χ0) is 14.0. The number of carbonyl (C=O) groups is 1. The lowest BCUT2D eigenvalue weighted by molar-refractivity contribution is 0.0781. The van der Waals surface area contributed by atoms with Crippen LogP contribution < -0.4 is 5.32 Å². The Morgan fingerprint density at radius 1 is 1.42 bits per heavy atom. The van der Waals surface area contributed by atoms with E-state index in [2.05, 4.69) is 36.2 Å². The first-order valence-corrected chi connectivity index (χ1v) is 6.62. The van der Waals surface area contributed by atoms with Crippen molar-refractivity contribution in [3.63, 3.8) is 0 Å². The average molecular weight is 262 g/mol. The molecule has 5 heteroatoms. The second-order valence-corrected chi connectivity index (χ2v) is 5.40. The number of hydrogen-bond donors (Lipinski definition) is 1. The number of hydrogen-bond acceptors (Lipinski definition) is 4. The van der Waals surface area contributed by atoms with Gasteiger partial charge in [0.1, 0.15) is 5.82 Å². The van der Waals surface area contributed by atoms with E-state index in [1.165, 1.54) is 0 Å². The van der Waals surface area contributed by atoms with Crippen LogP contribution in [0.25, 0.3) is 0 Å². The lowest BCUT2D eigenvalue weighted by atomic mass is 10.1. The van der Waals surface area contributed by atoms with Crippen LogP contribution in [0.1, 0.15) is 17.3 Å². The molecule has 2 atom stereocenters. The number of carbonyl (C=O) groups excluding carboxylic acids is 1. The molecular weight excluding hydrogens is 240 g/mol. The molecule has 1 aliphatic heterocycles. The van der Waals surface area contributed by atoms with Crippen molar-refractivity contribution in [2.75, 3.05) is 39.5 Å². The van der Waals surface area contributed by atoms with Crippen molar-refractivity contribution in [1.29, 1.82) is 0 Å². The van der Waals surface area contributed by atoms with E-state index in [9.17, 15) is 4.79 Å². The second-order valence-electron chi connectivity index (χ2n) is 5.40. The molecule has 1 N–H and O–H groups in total. The lowest BCUT2D eigenvalue weighted by Gasteiger charge is -2.22. The summed E-state index contributed by atoms with van der Waals surface area (Å²) in [7, 11) is 5.95. The largest absolute Gasteiger partial charge is 0.373 e. The van der Waals surface area contributed by atoms with Crippen molar-refractivity contribution in [2.24, 2.45) is 5.92 Å². The normalized spacial score (nSPS) is 22.9. The van der Waals surface area contributed by atoms with Gasteiger partial charge in [-0.1, -0.05) is 6.92 Å². The molecule has 0 radical (unpaired) electrons. The van der Waals surface area contributed by atoms with E-state index >= 15 is 0 Å². The highest BCUT2D eigenvalue weighted by atomic mass is 16.2. The van der Waals surface area contributed by atoms with Gasteiger partial charge in [0.25, 0.3) is 5.91 Å². The molecule has 1 fully saturated rings. The predicted molar refractivity (Wildman–Crippen MR) is 76.3 cm³/mol. The first kappa shape index (κ1) is 13.8. The van der Waals surface area contributed by atoms with Crippen molar-refractivity contribution >= 4 is 11.7 Å². The number of anilines is 1. The fraction of sp³-hybridized carbons (Fsp3) is 0.571. The van der Waals surface area contributed by atoms with E-state index in [-0.39, 0.29) is 5.91 Å². The minimum absolute atomic E-state index is 0.0753. The minimum Gasteiger partial charge on any atom is -0.373 e. The summed E-state index contributed by atoms with van der Waals surface area (Å²) in [5.41, 5.74) is 0.658. The minimum atomic E-state index is 0.0753. The van der Waals surface area contributed by atoms with Crippen LogP contribution >= 0.6 is 0 Å². The van der Waals surface area contributed by atoms with Gasteiger partial charge in [-0.25, -0.2) is 4.98 Å². The topological polar surface area (TPSA) is 48.5 Å². The monoisotopic (exact) mass is 262 g/mol.